The van der Waals surface area contributed by atoms with Crippen LogP contribution >= 0.6 is 23.2 Å². The van der Waals surface area contributed by atoms with Gasteiger partial charge in [0.25, 0.3) is 0 Å². The van der Waals surface area contributed by atoms with Gasteiger partial charge in [-0.15, -0.1) is 0 Å². The standard InChI is InChI=1S/C15H20Cl2N2O3S/c1-10(11-5-6-13(16)14(17)8-11)18-15(20)12-4-3-7-19(9-12)23(2,21)22/h5-6,8,10,12H,3-4,7,9H2,1-2H3,(H,18,20). The number of hydrogen-bond donors (Lipinski definition) is 1. The Kier molecular flexibility index (Phi) is 5.94. The van der Waals surface area contributed by atoms with Gasteiger partial charge in [-0.2, -0.15) is 0 Å². The number of piperidine rings is 1. The Balaban J connectivity index is 2.01. The van der Waals surface area contributed by atoms with E-state index in [9.17, 15) is 13.2 Å². The van der Waals surface area contributed by atoms with Gasteiger partial charge in [-0.05, 0) is 37.5 Å². The second-order valence-electron chi connectivity index (χ2n) is 5.86. The molecule has 1 fully saturated rings. The summed E-state index contributed by atoms with van der Waals surface area (Å²) in [6.07, 6.45) is 2.55. The predicted octanol–water partition coefficient (Wildman–Crippen LogP) is 2.84. The van der Waals surface area contributed by atoms with Crippen LogP contribution in [0.1, 0.15) is 31.4 Å². The largest absolute Gasteiger partial charge is 0.349 e. The van der Waals surface area contributed by atoms with E-state index in [4.69, 9.17) is 23.2 Å². The monoisotopic (exact) mass is 378 g/mol. The minimum absolute atomic E-state index is 0.142. The Morgan fingerprint density at radius 1 is 1.35 bits per heavy atom. The van der Waals surface area contributed by atoms with Gasteiger partial charge in [0.05, 0.1) is 28.3 Å². The van der Waals surface area contributed by atoms with E-state index in [-0.39, 0.29) is 24.4 Å². The minimum Gasteiger partial charge on any atom is -0.349 e. The zero-order valence-electron chi connectivity index (χ0n) is 13.1. The molecule has 0 aromatic heterocycles. The molecule has 2 unspecified atom stereocenters. The van der Waals surface area contributed by atoms with E-state index in [1.165, 1.54) is 10.6 Å². The average molecular weight is 379 g/mol. The fourth-order valence-corrected chi connectivity index (χ4v) is 3.87. The van der Waals surface area contributed by atoms with Crippen molar-refractivity contribution in [2.24, 2.45) is 5.92 Å². The number of carbonyl (C=O) groups is 1. The van der Waals surface area contributed by atoms with Gasteiger partial charge in [0, 0.05) is 13.1 Å². The fourth-order valence-electron chi connectivity index (χ4n) is 2.65. The second-order valence-corrected chi connectivity index (χ2v) is 8.66. The number of benzene rings is 1. The van der Waals surface area contributed by atoms with Crippen LogP contribution in [0.3, 0.4) is 0 Å². The van der Waals surface area contributed by atoms with Gasteiger partial charge in [-0.1, -0.05) is 29.3 Å². The van der Waals surface area contributed by atoms with E-state index in [0.29, 0.717) is 29.4 Å². The maximum Gasteiger partial charge on any atom is 0.224 e. The SMILES string of the molecule is CC(NC(=O)C1CCCN(S(C)(=O)=O)C1)c1ccc(Cl)c(Cl)c1. The number of hydrogen-bond acceptors (Lipinski definition) is 3. The first-order valence-corrected chi connectivity index (χ1v) is 9.99. The molecule has 1 aliphatic rings. The first-order chi connectivity index (χ1) is 10.7. The Bertz CT molecular complexity index is 694. The van der Waals surface area contributed by atoms with Crippen LogP contribution in [0.25, 0.3) is 0 Å². The molecule has 1 aliphatic heterocycles. The molecule has 1 heterocycles. The van der Waals surface area contributed by atoms with Crippen molar-refractivity contribution in [2.75, 3.05) is 19.3 Å². The topological polar surface area (TPSA) is 66.5 Å². The third kappa shape index (κ3) is 4.83. The fraction of sp³-hybridized carbons (Fsp3) is 0.533. The molecule has 1 amide bonds. The first kappa shape index (κ1) is 18.5. The minimum atomic E-state index is -3.26. The lowest BCUT2D eigenvalue weighted by Gasteiger charge is -2.30. The van der Waals surface area contributed by atoms with Crippen LogP contribution in [-0.4, -0.2) is 38.0 Å². The molecular weight excluding hydrogens is 359 g/mol. The molecule has 1 aromatic rings. The van der Waals surface area contributed by atoms with Gasteiger partial charge in [0.1, 0.15) is 0 Å². The molecule has 2 atom stereocenters. The number of rotatable bonds is 4. The summed E-state index contributed by atoms with van der Waals surface area (Å²) in [7, 11) is -3.26. The summed E-state index contributed by atoms with van der Waals surface area (Å²) in [4.78, 5) is 12.4. The van der Waals surface area contributed by atoms with Crippen LogP contribution in [0.15, 0.2) is 18.2 Å². The number of carbonyl (C=O) groups excluding carboxylic acids is 1. The third-order valence-electron chi connectivity index (χ3n) is 4.03. The lowest BCUT2D eigenvalue weighted by Crippen LogP contribution is -2.45. The second kappa shape index (κ2) is 7.38. The van der Waals surface area contributed by atoms with Crippen molar-refractivity contribution in [1.29, 1.82) is 0 Å². The maximum absolute atomic E-state index is 12.4. The van der Waals surface area contributed by atoms with Gasteiger partial charge in [0.15, 0.2) is 0 Å². The number of nitrogens with zero attached hydrogens (tertiary/aromatic N) is 1. The molecule has 2 rings (SSSR count). The third-order valence-corrected chi connectivity index (χ3v) is 6.04. The van der Waals surface area contributed by atoms with E-state index < -0.39 is 10.0 Å². The quantitative estimate of drug-likeness (QED) is 0.875. The molecule has 23 heavy (non-hydrogen) atoms. The highest BCUT2D eigenvalue weighted by Gasteiger charge is 2.30. The van der Waals surface area contributed by atoms with Gasteiger partial charge in [-0.3, -0.25) is 4.79 Å². The first-order valence-electron chi connectivity index (χ1n) is 7.39. The van der Waals surface area contributed by atoms with Crippen molar-refractivity contribution in [3.63, 3.8) is 0 Å². The Morgan fingerprint density at radius 2 is 2.04 bits per heavy atom. The van der Waals surface area contributed by atoms with Crippen LogP contribution in [0.2, 0.25) is 10.0 Å². The molecular formula is C15H20Cl2N2O3S. The number of amides is 1. The van der Waals surface area contributed by atoms with Crippen molar-refractivity contribution < 1.29 is 13.2 Å². The molecule has 0 bridgehead atoms. The van der Waals surface area contributed by atoms with E-state index in [2.05, 4.69) is 5.32 Å². The van der Waals surface area contributed by atoms with Gasteiger partial charge >= 0.3 is 0 Å². The lowest BCUT2D eigenvalue weighted by molar-refractivity contribution is -0.126. The van der Waals surface area contributed by atoms with Gasteiger partial charge in [0.2, 0.25) is 15.9 Å². The lowest BCUT2D eigenvalue weighted by atomic mass is 9.98. The van der Waals surface area contributed by atoms with Crippen LogP contribution < -0.4 is 5.32 Å². The molecule has 0 saturated carbocycles. The van der Waals surface area contributed by atoms with Crippen molar-refractivity contribution in [1.82, 2.24) is 9.62 Å². The zero-order chi connectivity index (χ0) is 17.2. The van der Waals surface area contributed by atoms with Crippen LogP contribution in [-0.2, 0) is 14.8 Å². The maximum atomic E-state index is 12.4. The summed E-state index contributed by atoms with van der Waals surface area (Å²) < 4.78 is 24.6. The summed E-state index contributed by atoms with van der Waals surface area (Å²) in [6, 6.07) is 4.99. The van der Waals surface area contributed by atoms with E-state index in [1.54, 1.807) is 12.1 Å². The molecule has 5 nitrogen and oxygen atoms in total. The Morgan fingerprint density at radius 3 is 2.65 bits per heavy atom. The van der Waals surface area contributed by atoms with Crippen LogP contribution in [0, 0.1) is 5.92 Å². The zero-order valence-corrected chi connectivity index (χ0v) is 15.4. The average Bonchev–Trinajstić information content (AvgIpc) is 2.49. The summed E-state index contributed by atoms with van der Waals surface area (Å²) in [5, 5.41) is 3.82. The predicted molar refractivity (Wildman–Crippen MR) is 92.2 cm³/mol. The molecule has 0 radical (unpaired) electrons. The Hall–Kier alpha value is -0.820. The van der Waals surface area contributed by atoms with Gasteiger partial charge in [-0.25, -0.2) is 12.7 Å². The highest BCUT2D eigenvalue weighted by molar-refractivity contribution is 7.88. The molecule has 1 saturated heterocycles. The smallest absolute Gasteiger partial charge is 0.224 e. The summed E-state index contributed by atoms with van der Waals surface area (Å²) >= 11 is 11.9. The number of nitrogens with one attached hydrogen (secondary N) is 1. The van der Waals surface area contributed by atoms with Crippen molar-refractivity contribution in [3.05, 3.63) is 33.8 Å². The highest BCUT2D eigenvalue weighted by Crippen LogP contribution is 2.26. The normalized spacial score (nSPS) is 21.0. The van der Waals surface area contributed by atoms with Crippen molar-refractivity contribution >= 4 is 39.1 Å². The molecule has 128 valence electrons. The van der Waals surface area contributed by atoms with E-state index in [0.717, 1.165) is 5.56 Å². The van der Waals surface area contributed by atoms with Crippen LogP contribution in [0.4, 0.5) is 0 Å². The number of halogens is 2. The van der Waals surface area contributed by atoms with E-state index >= 15 is 0 Å². The molecule has 1 aromatic carbocycles. The number of sulfonamides is 1. The van der Waals surface area contributed by atoms with Crippen molar-refractivity contribution in [3.8, 4) is 0 Å². The Labute approximate surface area is 147 Å². The molecule has 8 heteroatoms. The highest BCUT2D eigenvalue weighted by atomic mass is 35.5. The van der Waals surface area contributed by atoms with E-state index in [1.807, 2.05) is 13.0 Å². The molecule has 0 spiro atoms. The molecule has 1 N–H and O–H groups in total. The van der Waals surface area contributed by atoms with Crippen LogP contribution in [0.5, 0.6) is 0 Å². The summed E-state index contributed by atoms with van der Waals surface area (Å²) in [5.74, 6) is -0.472. The van der Waals surface area contributed by atoms with Crippen molar-refractivity contribution in [2.45, 2.75) is 25.8 Å². The summed E-state index contributed by atoms with van der Waals surface area (Å²) in [6.45, 7) is 2.57. The summed E-state index contributed by atoms with van der Waals surface area (Å²) in [5.41, 5.74) is 0.850. The van der Waals surface area contributed by atoms with Gasteiger partial charge < -0.3 is 5.32 Å². The molecule has 0 aliphatic carbocycles.